The van der Waals surface area contributed by atoms with Gasteiger partial charge in [0.1, 0.15) is 0 Å². The second-order valence-electron chi connectivity index (χ2n) is 6.15. The van der Waals surface area contributed by atoms with E-state index in [0.717, 1.165) is 36.2 Å². The minimum Gasteiger partial charge on any atom is -0.385 e. The lowest BCUT2D eigenvalue weighted by Crippen LogP contribution is -2.47. The van der Waals surface area contributed by atoms with E-state index in [1.54, 1.807) is 0 Å². The highest BCUT2D eigenvalue weighted by Crippen LogP contribution is 2.28. The van der Waals surface area contributed by atoms with Crippen LogP contribution in [-0.4, -0.2) is 18.0 Å². The highest BCUT2D eigenvalue weighted by molar-refractivity contribution is 6.00. The van der Waals surface area contributed by atoms with Crippen molar-refractivity contribution in [3.8, 4) is 0 Å². The van der Waals surface area contributed by atoms with Crippen LogP contribution in [0.15, 0.2) is 18.2 Å². The van der Waals surface area contributed by atoms with Gasteiger partial charge in [0.05, 0.1) is 5.56 Å². The zero-order chi connectivity index (χ0) is 14.6. The highest BCUT2D eigenvalue weighted by atomic mass is 16.1. The number of carbonyl (C=O) groups is 1. The summed E-state index contributed by atoms with van der Waals surface area (Å²) in [7, 11) is 0. The van der Waals surface area contributed by atoms with Crippen LogP contribution in [-0.2, 0) is 0 Å². The van der Waals surface area contributed by atoms with E-state index >= 15 is 0 Å². The van der Waals surface area contributed by atoms with Gasteiger partial charge in [-0.25, -0.2) is 0 Å². The van der Waals surface area contributed by atoms with Gasteiger partial charge in [0, 0.05) is 17.8 Å². The van der Waals surface area contributed by atoms with Crippen molar-refractivity contribution in [3.05, 3.63) is 29.3 Å². The van der Waals surface area contributed by atoms with E-state index in [4.69, 9.17) is 0 Å². The monoisotopic (exact) mass is 274 g/mol. The molecule has 0 unspecified atom stereocenters. The van der Waals surface area contributed by atoms with E-state index < -0.39 is 0 Å². The smallest absolute Gasteiger partial charge is 0.253 e. The van der Waals surface area contributed by atoms with Crippen LogP contribution < -0.4 is 10.6 Å². The van der Waals surface area contributed by atoms with Crippen LogP contribution in [0.2, 0.25) is 0 Å². The number of benzene rings is 1. The lowest BCUT2D eigenvalue weighted by Gasteiger charge is -2.34. The number of carbonyl (C=O) groups excluding carboxylic acids is 1. The Balaban J connectivity index is 2.17. The van der Waals surface area contributed by atoms with Crippen LogP contribution >= 0.6 is 0 Å². The Hall–Kier alpha value is -1.51. The molecule has 0 radical (unpaired) electrons. The van der Waals surface area contributed by atoms with Crippen molar-refractivity contribution < 1.29 is 4.79 Å². The lowest BCUT2D eigenvalue weighted by atomic mass is 9.83. The van der Waals surface area contributed by atoms with Gasteiger partial charge in [0.15, 0.2) is 0 Å². The zero-order valence-electron chi connectivity index (χ0n) is 12.9. The predicted molar refractivity (Wildman–Crippen MR) is 84.3 cm³/mol. The molecule has 1 aliphatic carbocycles. The standard InChI is InChI=1S/C17H26N2O/c1-4-18-15-9-8-13(2)12-14(15)16(20)19-17(3)10-6-5-7-11-17/h8-9,12,18H,4-7,10-11H2,1-3H3,(H,19,20). The Morgan fingerprint density at radius 3 is 2.60 bits per heavy atom. The molecule has 0 bridgehead atoms. The molecule has 1 amide bonds. The fourth-order valence-corrected chi connectivity index (χ4v) is 2.99. The topological polar surface area (TPSA) is 41.1 Å². The Morgan fingerprint density at radius 1 is 1.25 bits per heavy atom. The molecule has 110 valence electrons. The summed E-state index contributed by atoms with van der Waals surface area (Å²) in [5, 5.41) is 6.53. The molecule has 20 heavy (non-hydrogen) atoms. The molecule has 0 saturated heterocycles. The molecule has 0 spiro atoms. The second-order valence-corrected chi connectivity index (χ2v) is 6.15. The number of amides is 1. The van der Waals surface area contributed by atoms with Crippen molar-refractivity contribution in [2.24, 2.45) is 0 Å². The SMILES string of the molecule is CCNc1ccc(C)cc1C(=O)NC1(C)CCCCC1. The normalized spacial score (nSPS) is 17.6. The average Bonchev–Trinajstić information content (AvgIpc) is 2.41. The van der Waals surface area contributed by atoms with Gasteiger partial charge in [0.2, 0.25) is 0 Å². The van der Waals surface area contributed by atoms with Crippen molar-refractivity contribution in [2.45, 2.75) is 58.4 Å². The predicted octanol–water partition coefficient (Wildman–Crippen LogP) is 3.88. The average molecular weight is 274 g/mol. The fourth-order valence-electron chi connectivity index (χ4n) is 2.99. The molecule has 0 heterocycles. The molecule has 2 N–H and O–H groups in total. The number of rotatable bonds is 4. The molecule has 1 aliphatic rings. The minimum atomic E-state index is -0.0391. The van der Waals surface area contributed by atoms with E-state index in [0.29, 0.717) is 0 Å². The van der Waals surface area contributed by atoms with Gasteiger partial charge in [-0.05, 0) is 45.7 Å². The quantitative estimate of drug-likeness (QED) is 0.875. The van der Waals surface area contributed by atoms with Crippen LogP contribution in [0.1, 0.15) is 61.9 Å². The van der Waals surface area contributed by atoms with E-state index in [2.05, 4.69) is 17.6 Å². The third-order valence-electron chi connectivity index (χ3n) is 4.16. The second kappa shape index (κ2) is 6.29. The molecule has 0 aromatic heterocycles. The van der Waals surface area contributed by atoms with E-state index in [1.807, 2.05) is 32.0 Å². The number of aryl methyl sites for hydroxylation is 1. The van der Waals surface area contributed by atoms with E-state index in [-0.39, 0.29) is 11.4 Å². The van der Waals surface area contributed by atoms with Crippen molar-refractivity contribution in [1.82, 2.24) is 5.32 Å². The molecule has 0 atom stereocenters. The number of hydrogen-bond donors (Lipinski definition) is 2. The summed E-state index contributed by atoms with van der Waals surface area (Å²) in [6.45, 7) is 7.06. The van der Waals surface area contributed by atoms with Crippen LogP contribution in [0.3, 0.4) is 0 Å². The molecule has 2 rings (SSSR count). The summed E-state index contributed by atoms with van der Waals surface area (Å²) >= 11 is 0. The van der Waals surface area contributed by atoms with E-state index in [1.165, 1.54) is 19.3 Å². The first-order valence-corrected chi connectivity index (χ1v) is 7.71. The molecule has 3 nitrogen and oxygen atoms in total. The van der Waals surface area contributed by atoms with Crippen molar-refractivity contribution in [2.75, 3.05) is 11.9 Å². The van der Waals surface area contributed by atoms with Crippen molar-refractivity contribution in [1.29, 1.82) is 0 Å². The maximum Gasteiger partial charge on any atom is 0.253 e. The van der Waals surface area contributed by atoms with Crippen LogP contribution in [0, 0.1) is 6.92 Å². The number of anilines is 1. The maximum absolute atomic E-state index is 12.6. The van der Waals surface area contributed by atoms with Gasteiger partial charge in [-0.1, -0.05) is 30.9 Å². The summed E-state index contributed by atoms with van der Waals surface area (Å²) in [5.41, 5.74) is 2.77. The first-order chi connectivity index (χ1) is 9.54. The van der Waals surface area contributed by atoms with Crippen molar-refractivity contribution >= 4 is 11.6 Å². The molecule has 1 aromatic carbocycles. The Kier molecular flexibility index (Phi) is 4.69. The van der Waals surface area contributed by atoms with Crippen molar-refractivity contribution in [3.63, 3.8) is 0 Å². The lowest BCUT2D eigenvalue weighted by molar-refractivity contribution is 0.0883. The molecule has 1 fully saturated rings. The van der Waals surface area contributed by atoms with Crippen LogP contribution in [0.5, 0.6) is 0 Å². The summed E-state index contributed by atoms with van der Waals surface area (Å²) < 4.78 is 0. The molecular weight excluding hydrogens is 248 g/mol. The summed E-state index contributed by atoms with van der Waals surface area (Å²) in [6, 6.07) is 6.01. The molecule has 3 heteroatoms. The van der Waals surface area contributed by atoms with Gasteiger partial charge in [0.25, 0.3) is 5.91 Å². The van der Waals surface area contributed by atoms with Crippen LogP contribution in [0.4, 0.5) is 5.69 Å². The third-order valence-corrected chi connectivity index (χ3v) is 4.16. The summed E-state index contributed by atoms with van der Waals surface area (Å²) in [4.78, 5) is 12.6. The number of hydrogen-bond acceptors (Lipinski definition) is 2. The molecule has 1 saturated carbocycles. The van der Waals surface area contributed by atoms with Crippen LogP contribution in [0.25, 0.3) is 0 Å². The Bertz CT molecular complexity index is 476. The highest BCUT2D eigenvalue weighted by Gasteiger charge is 2.29. The molecular formula is C17H26N2O. The van der Waals surface area contributed by atoms with Gasteiger partial charge in [-0.15, -0.1) is 0 Å². The molecule has 1 aromatic rings. The Labute approximate surface area is 122 Å². The minimum absolute atomic E-state index is 0.0391. The van der Waals surface area contributed by atoms with E-state index in [9.17, 15) is 4.79 Å². The summed E-state index contributed by atoms with van der Waals surface area (Å²) in [5.74, 6) is 0.0500. The third kappa shape index (κ3) is 3.53. The fraction of sp³-hybridized carbons (Fsp3) is 0.588. The molecule has 0 aliphatic heterocycles. The summed E-state index contributed by atoms with van der Waals surface area (Å²) in [6.07, 6.45) is 5.88. The van der Waals surface area contributed by atoms with Gasteiger partial charge < -0.3 is 10.6 Å². The van der Waals surface area contributed by atoms with Gasteiger partial charge in [-0.3, -0.25) is 4.79 Å². The van der Waals surface area contributed by atoms with Gasteiger partial charge >= 0.3 is 0 Å². The Morgan fingerprint density at radius 2 is 1.95 bits per heavy atom. The largest absolute Gasteiger partial charge is 0.385 e. The first-order valence-electron chi connectivity index (χ1n) is 7.71. The zero-order valence-corrected chi connectivity index (χ0v) is 12.9. The number of nitrogens with one attached hydrogen (secondary N) is 2. The first kappa shape index (κ1) is 14.9. The van der Waals surface area contributed by atoms with Gasteiger partial charge in [-0.2, -0.15) is 0 Å². The maximum atomic E-state index is 12.6.